The van der Waals surface area contributed by atoms with Gasteiger partial charge in [0, 0.05) is 12.3 Å². The highest BCUT2D eigenvalue weighted by atomic mass is 16.5. The second-order valence-corrected chi connectivity index (χ2v) is 2.34. The zero-order valence-corrected chi connectivity index (χ0v) is 6.85. The number of carbonyl (C=O) groups is 1. The Hall–Kier alpha value is -1.91. The molecule has 0 aliphatic heterocycles. The van der Waals surface area contributed by atoms with E-state index in [0.29, 0.717) is 23.3 Å². The van der Waals surface area contributed by atoms with Crippen LogP contribution in [0.5, 0.6) is 5.75 Å². The number of aromatic nitrogens is 2. The number of aldehydes is 1. The molecule has 0 bridgehead atoms. The molecule has 0 saturated heterocycles. The zero-order valence-electron chi connectivity index (χ0n) is 6.85. The fraction of sp³-hybridized carbons (Fsp3) is 0.125. The quantitative estimate of drug-likeness (QED) is 0.643. The van der Waals surface area contributed by atoms with Crippen molar-refractivity contribution < 1.29 is 13.9 Å². The minimum Gasteiger partial charge on any atom is -0.493 e. The highest BCUT2D eigenvalue weighted by Crippen LogP contribution is 2.23. The van der Waals surface area contributed by atoms with E-state index in [9.17, 15) is 4.79 Å². The summed E-state index contributed by atoms with van der Waals surface area (Å²) in [6.45, 7) is 0. The summed E-state index contributed by atoms with van der Waals surface area (Å²) in [5.74, 6) is 0.526. The van der Waals surface area contributed by atoms with Crippen LogP contribution < -0.4 is 4.74 Å². The Morgan fingerprint density at radius 3 is 3.15 bits per heavy atom. The fourth-order valence-corrected chi connectivity index (χ4v) is 1.04. The third kappa shape index (κ3) is 1.14. The summed E-state index contributed by atoms with van der Waals surface area (Å²) in [7, 11) is 1.51. The molecule has 0 saturated carbocycles. The van der Waals surface area contributed by atoms with Crippen molar-refractivity contribution in [3.8, 4) is 5.75 Å². The van der Waals surface area contributed by atoms with Gasteiger partial charge in [0.25, 0.3) is 5.89 Å². The number of oxazole rings is 1. The smallest absolute Gasteiger partial charge is 0.262 e. The molecule has 0 unspecified atom stereocenters. The van der Waals surface area contributed by atoms with Gasteiger partial charge in [-0.25, -0.2) is 4.98 Å². The predicted molar refractivity (Wildman–Crippen MR) is 43.7 cm³/mol. The van der Waals surface area contributed by atoms with E-state index in [1.807, 2.05) is 0 Å². The Morgan fingerprint density at radius 1 is 1.62 bits per heavy atom. The van der Waals surface area contributed by atoms with Crippen LogP contribution in [0, 0.1) is 0 Å². The van der Waals surface area contributed by atoms with E-state index < -0.39 is 0 Å². The van der Waals surface area contributed by atoms with Crippen molar-refractivity contribution in [2.24, 2.45) is 0 Å². The van der Waals surface area contributed by atoms with Gasteiger partial charge in [-0.05, 0) is 0 Å². The van der Waals surface area contributed by atoms with E-state index in [2.05, 4.69) is 9.97 Å². The molecule has 2 rings (SSSR count). The normalized spacial score (nSPS) is 10.2. The number of nitrogens with zero attached hydrogens (tertiary/aromatic N) is 2. The van der Waals surface area contributed by atoms with Crippen molar-refractivity contribution in [3.63, 3.8) is 0 Å². The first kappa shape index (κ1) is 7.72. The molecular weight excluding hydrogens is 172 g/mol. The third-order valence-corrected chi connectivity index (χ3v) is 1.59. The maximum atomic E-state index is 10.4. The molecule has 0 fully saturated rings. The first-order valence-electron chi connectivity index (χ1n) is 3.60. The number of hydrogen-bond acceptors (Lipinski definition) is 5. The van der Waals surface area contributed by atoms with Crippen LogP contribution in [-0.4, -0.2) is 23.4 Å². The van der Waals surface area contributed by atoms with Gasteiger partial charge >= 0.3 is 0 Å². The van der Waals surface area contributed by atoms with Crippen LogP contribution >= 0.6 is 0 Å². The van der Waals surface area contributed by atoms with E-state index in [0.717, 1.165) is 0 Å². The first-order valence-corrected chi connectivity index (χ1v) is 3.60. The maximum Gasteiger partial charge on any atom is 0.262 e. The first-order chi connectivity index (χ1) is 6.35. The Bertz CT molecular complexity index is 450. The van der Waals surface area contributed by atoms with E-state index in [1.165, 1.54) is 13.3 Å². The average molecular weight is 178 g/mol. The van der Waals surface area contributed by atoms with Gasteiger partial charge in [0.2, 0.25) is 17.5 Å². The van der Waals surface area contributed by atoms with Crippen molar-refractivity contribution in [3.05, 3.63) is 18.2 Å². The van der Waals surface area contributed by atoms with Crippen molar-refractivity contribution in [2.45, 2.75) is 0 Å². The van der Waals surface area contributed by atoms with Gasteiger partial charge in [0.05, 0.1) is 7.11 Å². The lowest BCUT2D eigenvalue weighted by Crippen LogP contribution is -1.84. The van der Waals surface area contributed by atoms with Crippen LogP contribution in [0.2, 0.25) is 0 Å². The maximum absolute atomic E-state index is 10.4. The molecule has 0 N–H and O–H groups in total. The molecule has 0 spiro atoms. The molecule has 0 aliphatic rings. The molecule has 5 heteroatoms. The monoisotopic (exact) mass is 178 g/mol. The second kappa shape index (κ2) is 2.85. The standard InChI is InChI=1S/C8H6N2O3/c1-12-5-2-3-9-8-7(5)13-6(4-11)10-8/h2-4H,1H3. The highest BCUT2D eigenvalue weighted by molar-refractivity contribution is 5.80. The van der Waals surface area contributed by atoms with Gasteiger partial charge in [-0.1, -0.05) is 0 Å². The molecule has 0 radical (unpaired) electrons. The van der Waals surface area contributed by atoms with Crippen molar-refractivity contribution in [2.75, 3.05) is 7.11 Å². The molecule has 66 valence electrons. The number of rotatable bonds is 2. The van der Waals surface area contributed by atoms with E-state index in [4.69, 9.17) is 9.15 Å². The van der Waals surface area contributed by atoms with Gasteiger partial charge in [0.1, 0.15) is 0 Å². The van der Waals surface area contributed by atoms with Crippen LogP contribution in [-0.2, 0) is 0 Å². The number of carbonyl (C=O) groups excluding carboxylic acids is 1. The molecule has 2 heterocycles. The van der Waals surface area contributed by atoms with Crippen LogP contribution in [0.25, 0.3) is 11.2 Å². The number of hydrogen-bond donors (Lipinski definition) is 0. The van der Waals surface area contributed by atoms with Crippen LogP contribution in [0.4, 0.5) is 0 Å². The van der Waals surface area contributed by atoms with Crippen molar-refractivity contribution >= 4 is 17.5 Å². The molecule has 13 heavy (non-hydrogen) atoms. The largest absolute Gasteiger partial charge is 0.493 e. The van der Waals surface area contributed by atoms with Gasteiger partial charge in [-0.15, -0.1) is 0 Å². The van der Waals surface area contributed by atoms with Crippen LogP contribution in [0.15, 0.2) is 16.7 Å². The molecule has 0 atom stereocenters. The van der Waals surface area contributed by atoms with Crippen LogP contribution in [0.1, 0.15) is 10.7 Å². The summed E-state index contributed by atoms with van der Waals surface area (Å²) in [5.41, 5.74) is 0.772. The Labute approximate surface area is 73.4 Å². The number of ether oxygens (including phenoxy) is 1. The Morgan fingerprint density at radius 2 is 2.46 bits per heavy atom. The molecule has 5 nitrogen and oxygen atoms in total. The highest BCUT2D eigenvalue weighted by Gasteiger charge is 2.09. The van der Waals surface area contributed by atoms with Crippen molar-refractivity contribution in [1.29, 1.82) is 0 Å². The van der Waals surface area contributed by atoms with E-state index in [-0.39, 0.29) is 5.89 Å². The van der Waals surface area contributed by atoms with Gasteiger partial charge in [-0.2, -0.15) is 4.98 Å². The minimum atomic E-state index is 0.00648. The Kier molecular flexibility index (Phi) is 1.70. The molecule has 2 aromatic rings. The lowest BCUT2D eigenvalue weighted by atomic mass is 10.4. The van der Waals surface area contributed by atoms with Crippen molar-refractivity contribution in [1.82, 2.24) is 9.97 Å². The molecule has 0 aromatic carbocycles. The summed E-state index contributed by atoms with van der Waals surface area (Å²) in [6, 6.07) is 1.64. The molecule has 2 aromatic heterocycles. The third-order valence-electron chi connectivity index (χ3n) is 1.59. The summed E-state index contributed by atoms with van der Waals surface area (Å²) in [4.78, 5) is 18.1. The van der Waals surface area contributed by atoms with E-state index in [1.54, 1.807) is 6.07 Å². The summed E-state index contributed by atoms with van der Waals surface area (Å²) in [5, 5.41) is 0. The van der Waals surface area contributed by atoms with E-state index >= 15 is 0 Å². The van der Waals surface area contributed by atoms with Gasteiger partial charge < -0.3 is 9.15 Å². The molecule has 0 amide bonds. The number of fused-ring (bicyclic) bond motifs is 1. The lowest BCUT2D eigenvalue weighted by Gasteiger charge is -1.96. The number of pyridine rings is 1. The second-order valence-electron chi connectivity index (χ2n) is 2.34. The van der Waals surface area contributed by atoms with Crippen LogP contribution in [0.3, 0.4) is 0 Å². The zero-order chi connectivity index (χ0) is 9.26. The predicted octanol–water partition coefficient (Wildman–Crippen LogP) is 1.04. The topological polar surface area (TPSA) is 65.2 Å². The minimum absolute atomic E-state index is 0.00648. The van der Waals surface area contributed by atoms with Gasteiger partial charge in [0.15, 0.2) is 5.75 Å². The molecule has 0 aliphatic carbocycles. The summed E-state index contributed by atoms with van der Waals surface area (Å²) < 4.78 is 10.1. The summed E-state index contributed by atoms with van der Waals surface area (Å²) in [6.07, 6.45) is 2.07. The number of methoxy groups -OCH3 is 1. The lowest BCUT2D eigenvalue weighted by molar-refractivity contribution is 0.109. The Balaban J connectivity index is 2.74. The fourth-order valence-electron chi connectivity index (χ4n) is 1.04. The molecular formula is C8H6N2O3. The summed E-state index contributed by atoms with van der Waals surface area (Å²) >= 11 is 0. The SMILES string of the molecule is COc1ccnc2nc(C=O)oc12. The van der Waals surface area contributed by atoms with Gasteiger partial charge in [-0.3, -0.25) is 4.79 Å². The average Bonchev–Trinajstić information content (AvgIpc) is 2.59.